The van der Waals surface area contributed by atoms with E-state index in [2.05, 4.69) is 13.0 Å². The smallest absolute Gasteiger partial charge is 0.338 e. The molecule has 1 fully saturated rings. The van der Waals surface area contributed by atoms with Crippen LogP contribution in [0.5, 0.6) is 0 Å². The van der Waals surface area contributed by atoms with Gasteiger partial charge in [-0.2, -0.15) is 0 Å². The van der Waals surface area contributed by atoms with Gasteiger partial charge in [-0.3, -0.25) is 0 Å². The number of hydrogen-bond acceptors (Lipinski definition) is 3. The zero-order valence-electron chi connectivity index (χ0n) is 12.8. The molecule has 2 N–H and O–H groups in total. The summed E-state index contributed by atoms with van der Waals surface area (Å²) >= 11 is 0. The molecule has 1 aliphatic carbocycles. The van der Waals surface area contributed by atoms with Crippen LogP contribution in [0.4, 0.5) is 0 Å². The van der Waals surface area contributed by atoms with Crippen LogP contribution in [0.1, 0.15) is 59.2 Å². The highest BCUT2D eigenvalue weighted by Gasteiger charge is 2.33. The van der Waals surface area contributed by atoms with Gasteiger partial charge in [0.25, 0.3) is 0 Å². The molecule has 0 amide bonds. The van der Waals surface area contributed by atoms with E-state index in [0.717, 1.165) is 24.0 Å². The lowest BCUT2D eigenvalue weighted by Crippen LogP contribution is -2.37. The molecule has 110 valence electrons. The summed E-state index contributed by atoms with van der Waals surface area (Å²) in [4.78, 5) is 12.0. The van der Waals surface area contributed by atoms with Gasteiger partial charge in [0.1, 0.15) is 0 Å². The number of esters is 1. The summed E-state index contributed by atoms with van der Waals surface area (Å²) in [5.74, 6) is -0.254. The minimum Gasteiger partial charge on any atom is -0.465 e. The fourth-order valence-electron chi connectivity index (χ4n) is 3.33. The lowest BCUT2D eigenvalue weighted by Gasteiger charge is -2.37. The highest BCUT2D eigenvalue weighted by atomic mass is 16.5. The Hall–Kier alpha value is -1.35. The molecular weight excluding hydrogens is 250 g/mol. The van der Waals surface area contributed by atoms with Gasteiger partial charge in [0, 0.05) is 12.0 Å². The summed E-state index contributed by atoms with van der Waals surface area (Å²) in [6, 6.07) is 4.21. The quantitative estimate of drug-likeness (QED) is 0.861. The van der Waals surface area contributed by atoms with Crippen LogP contribution >= 0.6 is 0 Å². The molecule has 0 aromatic heterocycles. The molecule has 0 spiro atoms. The summed E-state index contributed by atoms with van der Waals surface area (Å²) in [5, 5.41) is 0. The van der Waals surface area contributed by atoms with Crippen LogP contribution in [-0.4, -0.2) is 19.6 Å². The zero-order chi connectivity index (χ0) is 14.8. The number of carbonyl (C=O) groups excluding carboxylic acids is 1. The molecule has 1 aliphatic rings. The second kappa shape index (κ2) is 5.96. The van der Waals surface area contributed by atoms with Gasteiger partial charge < -0.3 is 10.5 Å². The Morgan fingerprint density at radius 3 is 2.45 bits per heavy atom. The number of aryl methyl sites for hydroxylation is 1. The van der Waals surface area contributed by atoms with E-state index >= 15 is 0 Å². The van der Waals surface area contributed by atoms with Crippen molar-refractivity contribution < 1.29 is 9.53 Å². The number of methoxy groups -OCH3 is 1. The summed E-state index contributed by atoms with van der Waals surface area (Å²) in [7, 11) is 1.43. The van der Waals surface area contributed by atoms with Crippen LogP contribution in [-0.2, 0) is 10.2 Å². The molecule has 0 aliphatic heterocycles. The van der Waals surface area contributed by atoms with Crippen molar-refractivity contribution in [2.75, 3.05) is 13.7 Å². The van der Waals surface area contributed by atoms with Gasteiger partial charge in [0.2, 0.25) is 0 Å². The second-order valence-corrected chi connectivity index (χ2v) is 6.00. The molecule has 0 saturated heterocycles. The van der Waals surface area contributed by atoms with Crippen molar-refractivity contribution in [2.45, 2.75) is 51.4 Å². The summed E-state index contributed by atoms with van der Waals surface area (Å²) in [6.45, 7) is 4.68. The van der Waals surface area contributed by atoms with Gasteiger partial charge in [0.05, 0.1) is 12.7 Å². The molecule has 0 heterocycles. The van der Waals surface area contributed by atoms with Gasteiger partial charge >= 0.3 is 5.97 Å². The van der Waals surface area contributed by atoms with Crippen molar-refractivity contribution in [3.63, 3.8) is 0 Å². The third-order valence-electron chi connectivity index (χ3n) is 4.89. The van der Waals surface area contributed by atoms with Crippen LogP contribution in [0.15, 0.2) is 12.1 Å². The first-order chi connectivity index (χ1) is 9.54. The summed E-state index contributed by atoms with van der Waals surface area (Å²) in [6.07, 6.45) is 5.96. The number of hydrogen-bond donors (Lipinski definition) is 1. The first-order valence-corrected chi connectivity index (χ1v) is 7.44. The Labute approximate surface area is 121 Å². The van der Waals surface area contributed by atoms with Crippen molar-refractivity contribution in [1.82, 2.24) is 0 Å². The van der Waals surface area contributed by atoms with Crippen LogP contribution in [0.25, 0.3) is 0 Å². The molecule has 3 heteroatoms. The average Bonchev–Trinajstić information content (AvgIpc) is 2.49. The first-order valence-electron chi connectivity index (χ1n) is 7.44. The Kier molecular flexibility index (Phi) is 4.48. The number of rotatable bonds is 3. The Morgan fingerprint density at radius 1 is 1.25 bits per heavy atom. The first kappa shape index (κ1) is 15.0. The minimum atomic E-state index is -0.254. The fourth-order valence-corrected chi connectivity index (χ4v) is 3.33. The standard InChI is InChI=1S/C17H25NO2/c1-12-9-14(10-15(13(12)2)16(19)20-3)17(11-18)7-5-4-6-8-17/h9-10H,4-8,11,18H2,1-3H3. The monoisotopic (exact) mass is 275 g/mol. The fraction of sp³-hybridized carbons (Fsp3) is 0.588. The number of carbonyl (C=O) groups is 1. The molecule has 1 aromatic carbocycles. The predicted molar refractivity (Wildman–Crippen MR) is 81.1 cm³/mol. The van der Waals surface area contributed by atoms with Crippen molar-refractivity contribution >= 4 is 5.97 Å². The molecule has 0 atom stereocenters. The maximum Gasteiger partial charge on any atom is 0.338 e. The van der Waals surface area contributed by atoms with Crippen molar-refractivity contribution in [3.8, 4) is 0 Å². The molecule has 1 aromatic rings. The predicted octanol–water partition coefficient (Wildman–Crippen LogP) is 3.25. The van der Waals surface area contributed by atoms with Gasteiger partial charge in [-0.1, -0.05) is 25.3 Å². The molecule has 0 bridgehead atoms. The van der Waals surface area contributed by atoms with Crippen LogP contribution in [0, 0.1) is 13.8 Å². The molecule has 1 saturated carbocycles. The third-order valence-corrected chi connectivity index (χ3v) is 4.89. The van der Waals surface area contributed by atoms with Gasteiger partial charge in [-0.05, 0) is 49.4 Å². The van der Waals surface area contributed by atoms with Crippen LogP contribution in [0.2, 0.25) is 0 Å². The van der Waals surface area contributed by atoms with E-state index in [1.807, 2.05) is 13.0 Å². The van der Waals surface area contributed by atoms with Gasteiger partial charge in [-0.25, -0.2) is 4.79 Å². The van der Waals surface area contributed by atoms with Crippen LogP contribution in [0.3, 0.4) is 0 Å². The van der Waals surface area contributed by atoms with E-state index in [4.69, 9.17) is 10.5 Å². The van der Waals surface area contributed by atoms with Gasteiger partial charge in [0.15, 0.2) is 0 Å². The second-order valence-electron chi connectivity index (χ2n) is 6.00. The minimum absolute atomic E-state index is 0.0412. The van der Waals surface area contributed by atoms with Crippen molar-refractivity contribution in [1.29, 1.82) is 0 Å². The molecule has 3 nitrogen and oxygen atoms in total. The highest BCUT2D eigenvalue weighted by Crippen LogP contribution is 2.39. The van der Waals surface area contributed by atoms with E-state index in [-0.39, 0.29) is 11.4 Å². The molecular formula is C17H25NO2. The van der Waals surface area contributed by atoms with Crippen molar-refractivity contribution in [2.24, 2.45) is 5.73 Å². The SMILES string of the molecule is COC(=O)c1cc(C2(CN)CCCCC2)cc(C)c1C. The largest absolute Gasteiger partial charge is 0.465 e. The number of benzene rings is 1. The Morgan fingerprint density at radius 2 is 1.90 bits per heavy atom. The van der Waals surface area contributed by atoms with E-state index in [1.54, 1.807) is 0 Å². The molecule has 2 rings (SSSR count). The molecule has 0 radical (unpaired) electrons. The number of nitrogens with two attached hydrogens (primary N) is 1. The maximum absolute atomic E-state index is 12.0. The van der Waals surface area contributed by atoms with E-state index in [1.165, 1.54) is 31.9 Å². The summed E-state index contributed by atoms with van der Waals surface area (Å²) < 4.78 is 4.91. The maximum atomic E-state index is 12.0. The topological polar surface area (TPSA) is 52.3 Å². The Balaban J connectivity index is 2.51. The van der Waals surface area contributed by atoms with Crippen LogP contribution < -0.4 is 5.73 Å². The van der Waals surface area contributed by atoms with Crippen molar-refractivity contribution in [3.05, 3.63) is 34.4 Å². The third kappa shape index (κ3) is 2.59. The van der Waals surface area contributed by atoms with Gasteiger partial charge in [-0.15, -0.1) is 0 Å². The zero-order valence-corrected chi connectivity index (χ0v) is 12.8. The summed E-state index contributed by atoms with van der Waals surface area (Å²) in [5.41, 5.74) is 10.2. The molecule has 20 heavy (non-hydrogen) atoms. The average molecular weight is 275 g/mol. The van der Waals surface area contributed by atoms with E-state index < -0.39 is 0 Å². The highest BCUT2D eigenvalue weighted by molar-refractivity contribution is 5.91. The number of ether oxygens (including phenoxy) is 1. The lowest BCUT2D eigenvalue weighted by molar-refractivity contribution is 0.0599. The molecule has 0 unspecified atom stereocenters. The van der Waals surface area contributed by atoms with E-state index in [9.17, 15) is 4.79 Å². The van der Waals surface area contributed by atoms with E-state index in [0.29, 0.717) is 12.1 Å². The lowest BCUT2D eigenvalue weighted by atomic mass is 9.68. The normalized spacial score (nSPS) is 17.8. The Bertz CT molecular complexity index is 502.